The predicted octanol–water partition coefficient (Wildman–Crippen LogP) is 2.96. The molecule has 0 aromatic rings. The van der Waals surface area contributed by atoms with Crippen molar-refractivity contribution in [2.45, 2.75) is 71.2 Å². The fourth-order valence-corrected chi connectivity index (χ4v) is 1.44. The van der Waals surface area contributed by atoms with E-state index >= 15 is 0 Å². The number of rotatable bonds is 6. The quantitative estimate of drug-likeness (QED) is 0.304. The Bertz CT molecular complexity index is 238. The Hall–Kier alpha value is -0.610. The van der Waals surface area contributed by atoms with Crippen molar-refractivity contribution in [1.29, 1.82) is 0 Å². The second-order valence-corrected chi connectivity index (χ2v) is 5.23. The summed E-state index contributed by atoms with van der Waals surface area (Å²) >= 11 is 0. The first-order valence-electron chi connectivity index (χ1n) is 6.00. The Labute approximate surface area is 97.2 Å². The van der Waals surface area contributed by atoms with Crippen LogP contribution in [-0.2, 0) is 19.3 Å². The van der Waals surface area contributed by atoms with Gasteiger partial charge in [-0.2, -0.15) is 9.78 Å². The largest absolute Gasteiger partial charge is 0.456 e. The molecule has 1 rings (SSSR count). The molecule has 0 amide bonds. The Kier molecular flexibility index (Phi) is 4.33. The number of ether oxygens (including phenoxy) is 1. The highest BCUT2D eigenvalue weighted by atomic mass is 17.4. The highest BCUT2D eigenvalue weighted by Crippen LogP contribution is 2.37. The monoisotopic (exact) mass is 230 g/mol. The molecular weight excluding hydrogens is 208 g/mol. The molecule has 0 aromatic carbocycles. The van der Waals surface area contributed by atoms with Gasteiger partial charge in [0.25, 0.3) is 0 Å². The Morgan fingerprint density at radius 3 is 2.25 bits per heavy atom. The third-order valence-electron chi connectivity index (χ3n) is 2.35. The van der Waals surface area contributed by atoms with Crippen molar-refractivity contribution >= 4 is 5.97 Å². The molecule has 0 aromatic heterocycles. The Morgan fingerprint density at radius 1 is 1.19 bits per heavy atom. The van der Waals surface area contributed by atoms with E-state index in [2.05, 4.69) is 6.92 Å². The maximum atomic E-state index is 11.7. The standard InChI is InChI=1S/C12H22O4/c1-5-6-7-8-9-12(15-16-12)10(13)14-11(2,3)4/h5-9H2,1-4H3. The van der Waals surface area contributed by atoms with Crippen LogP contribution in [0.2, 0.25) is 0 Å². The maximum absolute atomic E-state index is 11.7. The van der Waals surface area contributed by atoms with Crippen LogP contribution in [0.3, 0.4) is 0 Å². The summed E-state index contributed by atoms with van der Waals surface area (Å²) < 4.78 is 5.23. The van der Waals surface area contributed by atoms with Crippen LogP contribution >= 0.6 is 0 Å². The molecule has 4 nitrogen and oxygen atoms in total. The van der Waals surface area contributed by atoms with Crippen LogP contribution in [0.5, 0.6) is 0 Å². The summed E-state index contributed by atoms with van der Waals surface area (Å²) in [6.45, 7) is 7.64. The van der Waals surface area contributed by atoms with Gasteiger partial charge in [0.15, 0.2) is 0 Å². The number of carbonyl (C=O) groups excluding carboxylic acids is 1. The molecule has 0 N–H and O–H groups in total. The van der Waals surface area contributed by atoms with Crippen LogP contribution in [0, 0.1) is 0 Å². The topological polar surface area (TPSA) is 51.4 Å². The van der Waals surface area contributed by atoms with Crippen molar-refractivity contribution in [2.75, 3.05) is 0 Å². The zero-order valence-corrected chi connectivity index (χ0v) is 10.7. The molecule has 94 valence electrons. The zero-order valence-electron chi connectivity index (χ0n) is 10.7. The van der Waals surface area contributed by atoms with E-state index in [0.29, 0.717) is 6.42 Å². The zero-order chi connectivity index (χ0) is 12.2. The molecule has 1 fully saturated rings. The van der Waals surface area contributed by atoms with Crippen LogP contribution in [0.15, 0.2) is 0 Å². The van der Waals surface area contributed by atoms with E-state index in [1.54, 1.807) is 0 Å². The van der Waals surface area contributed by atoms with E-state index < -0.39 is 17.4 Å². The lowest BCUT2D eigenvalue weighted by Crippen LogP contribution is -2.34. The van der Waals surface area contributed by atoms with Crippen molar-refractivity contribution in [3.05, 3.63) is 0 Å². The third-order valence-corrected chi connectivity index (χ3v) is 2.35. The highest BCUT2D eigenvalue weighted by Gasteiger charge is 2.58. The number of esters is 1. The molecular formula is C12H22O4. The molecule has 0 bridgehead atoms. The number of hydrogen-bond donors (Lipinski definition) is 0. The number of unbranched alkanes of at least 4 members (excludes halogenated alkanes) is 3. The van der Waals surface area contributed by atoms with Gasteiger partial charge < -0.3 is 4.74 Å². The summed E-state index contributed by atoms with van der Waals surface area (Å²) in [6, 6.07) is 0. The molecule has 0 atom stereocenters. The number of hydrogen-bond acceptors (Lipinski definition) is 4. The first kappa shape index (κ1) is 13.5. The minimum Gasteiger partial charge on any atom is -0.456 e. The van der Waals surface area contributed by atoms with Gasteiger partial charge in [-0.05, 0) is 27.2 Å². The first-order valence-corrected chi connectivity index (χ1v) is 6.00. The van der Waals surface area contributed by atoms with E-state index in [0.717, 1.165) is 12.8 Å². The van der Waals surface area contributed by atoms with Crippen LogP contribution in [0.4, 0.5) is 0 Å². The summed E-state index contributed by atoms with van der Waals surface area (Å²) in [6.07, 6.45) is 4.94. The molecule has 0 spiro atoms. The van der Waals surface area contributed by atoms with Crippen LogP contribution in [0.25, 0.3) is 0 Å². The van der Waals surface area contributed by atoms with Gasteiger partial charge >= 0.3 is 11.8 Å². The van der Waals surface area contributed by atoms with Gasteiger partial charge in [0.2, 0.25) is 0 Å². The molecule has 0 saturated carbocycles. The summed E-state index contributed by atoms with van der Waals surface area (Å²) in [7, 11) is 0. The second kappa shape index (κ2) is 5.15. The van der Waals surface area contributed by atoms with E-state index in [1.807, 2.05) is 20.8 Å². The van der Waals surface area contributed by atoms with E-state index in [1.165, 1.54) is 12.8 Å². The van der Waals surface area contributed by atoms with Crippen molar-refractivity contribution in [2.24, 2.45) is 0 Å². The van der Waals surface area contributed by atoms with E-state index in [9.17, 15) is 4.79 Å². The fraction of sp³-hybridized carbons (Fsp3) is 0.917. The molecule has 1 aliphatic rings. The fourth-order valence-electron chi connectivity index (χ4n) is 1.44. The third kappa shape index (κ3) is 4.10. The highest BCUT2D eigenvalue weighted by molar-refractivity contribution is 5.79. The van der Waals surface area contributed by atoms with Crippen LogP contribution in [0.1, 0.15) is 59.8 Å². The van der Waals surface area contributed by atoms with Gasteiger partial charge in [-0.1, -0.05) is 26.2 Å². The van der Waals surface area contributed by atoms with Gasteiger partial charge in [0.1, 0.15) is 5.60 Å². The van der Waals surface area contributed by atoms with Crippen molar-refractivity contribution in [3.8, 4) is 0 Å². The molecule has 1 saturated heterocycles. The summed E-state index contributed by atoms with van der Waals surface area (Å²) in [5.41, 5.74) is -0.497. The molecule has 0 aliphatic carbocycles. The van der Waals surface area contributed by atoms with Gasteiger partial charge in [0.05, 0.1) is 0 Å². The summed E-state index contributed by atoms with van der Waals surface area (Å²) in [4.78, 5) is 21.4. The molecule has 1 heterocycles. The molecule has 0 radical (unpaired) electrons. The lowest BCUT2D eigenvalue weighted by atomic mass is 10.1. The van der Waals surface area contributed by atoms with E-state index in [4.69, 9.17) is 14.5 Å². The normalized spacial score (nSPS) is 18.2. The van der Waals surface area contributed by atoms with Crippen LogP contribution in [-0.4, -0.2) is 17.4 Å². The predicted molar refractivity (Wildman–Crippen MR) is 59.5 cm³/mol. The minimum atomic E-state index is -1.10. The van der Waals surface area contributed by atoms with Crippen molar-refractivity contribution in [1.82, 2.24) is 0 Å². The Morgan fingerprint density at radius 2 is 1.81 bits per heavy atom. The average Bonchev–Trinajstić information content (AvgIpc) is 2.91. The molecule has 4 heteroatoms. The number of carbonyl (C=O) groups is 1. The SMILES string of the molecule is CCCCCCC1(C(=O)OC(C)(C)C)OO1. The first-order chi connectivity index (χ1) is 7.40. The van der Waals surface area contributed by atoms with Gasteiger partial charge in [-0.3, -0.25) is 0 Å². The maximum Gasteiger partial charge on any atom is 0.373 e. The van der Waals surface area contributed by atoms with Gasteiger partial charge in [-0.15, -0.1) is 0 Å². The molecule has 0 unspecified atom stereocenters. The summed E-state index contributed by atoms with van der Waals surface area (Å²) in [5.74, 6) is -1.50. The van der Waals surface area contributed by atoms with Gasteiger partial charge in [0, 0.05) is 6.42 Å². The molecule has 1 aliphatic heterocycles. The lowest BCUT2D eigenvalue weighted by Gasteiger charge is -2.20. The van der Waals surface area contributed by atoms with E-state index in [-0.39, 0.29) is 0 Å². The Balaban J connectivity index is 2.31. The smallest absolute Gasteiger partial charge is 0.373 e. The lowest BCUT2D eigenvalue weighted by molar-refractivity contribution is -0.163. The van der Waals surface area contributed by atoms with Crippen molar-refractivity contribution in [3.63, 3.8) is 0 Å². The second-order valence-electron chi connectivity index (χ2n) is 5.23. The van der Waals surface area contributed by atoms with Crippen molar-refractivity contribution < 1.29 is 19.3 Å². The average molecular weight is 230 g/mol. The summed E-state index contributed by atoms with van der Waals surface area (Å²) in [5, 5.41) is 0. The van der Waals surface area contributed by atoms with Crippen LogP contribution < -0.4 is 0 Å². The van der Waals surface area contributed by atoms with Gasteiger partial charge in [-0.25, -0.2) is 4.79 Å². The molecule has 16 heavy (non-hydrogen) atoms. The minimum absolute atomic E-state index is 0.406.